The Morgan fingerprint density at radius 3 is 2.48 bits per heavy atom. The summed E-state index contributed by atoms with van der Waals surface area (Å²) in [6.07, 6.45) is 0. The third-order valence-electron chi connectivity index (χ3n) is 3.06. The minimum Gasteiger partial charge on any atom is -0.439 e. The molecule has 0 spiro atoms. The highest BCUT2D eigenvalue weighted by molar-refractivity contribution is 5.35. The lowest BCUT2D eigenvalue weighted by molar-refractivity contribution is 0.457. The number of pyridine rings is 1. The molecule has 2 aromatic rings. The van der Waals surface area contributed by atoms with E-state index >= 15 is 0 Å². The zero-order valence-electron chi connectivity index (χ0n) is 13.3. The molecule has 1 N–H and O–H groups in total. The second-order valence-corrected chi connectivity index (χ2v) is 5.92. The van der Waals surface area contributed by atoms with E-state index in [1.807, 2.05) is 30.3 Å². The van der Waals surface area contributed by atoms with Gasteiger partial charge in [-0.25, -0.2) is 4.98 Å². The molecule has 0 aliphatic heterocycles. The van der Waals surface area contributed by atoms with Gasteiger partial charge < -0.3 is 10.1 Å². The number of rotatable bonds is 6. The van der Waals surface area contributed by atoms with Crippen molar-refractivity contribution in [3.8, 4) is 11.6 Å². The number of aryl methyl sites for hydroxylation is 2. The van der Waals surface area contributed by atoms with E-state index in [1.165, 1.54) is 11.1 Å². The summed E-state index contributed by atoms with van der Waals surface area (Å²) >= 11 is 0. The van der Waals surface area contributed by atoms with Crippen molar-refractivity contribution in [3.05, 3.63) is 53.2 Å². The van der Waals surface area contributed by atoms with Gasteiger partial charge in [-0.05, 0) is 55.6 Å². The number of aromatic nitrogens is 1. The lowest BCUT2D eigenvalue weighted by Crippen LogP contribution is -2.19. The summed E-state index contributed by atoms with van der Waals surface area (Å²) in [6, 6.07) is 12.1. The normalized spacial score (nSPS) is 10.9. The average Bonchev–Trinajstić information content (AvgIpc) is 2.37. The maximum atomic E-state index is 5.87. The van der Waals surface area contributed by atoms with E-state index in [0.29, 0.717) is 11.8 Å². The Morgan fingerprint density at radius 1 is 1.10 bits per heavy atom. The largest absolute Gasteiger partial charge is 0.439 e. The molecule has 3 nitrogen and oxygen atoms in total. The van der Waals surface area contributed by atoms with Gasteiger partial charge in [0, 0.05) is 12.6 Å². The monoisotopic (exact) mass is 284 g/mol. The van der Waals surface area contributed by atoms with Crippen LogP contribution in [0.25, 0.3) is 0 Å². The molecule has 2 rings (SSSR count). The number of hydrogen-bond acceptors (Lipinski definition) is 3. The molecule has 21 heavy (non-hydrogen) atoms. The van der Waals surface area contributed by atoms with Crippen molar-refractivity contribution >= 4 is 0 Å². The third-order valence-corrected chi connectivity index (χ3v) is 3.06. The molecule has 0 aliphatic carbocycles. The molecular weight excluding hydrogens is 260 g/mol. The number of nitrogens with zero attached hydrogens (tertiary/aromatic N) is 1. The van der Waals surface area contributed by atoms with Crippen LogP contribution in [0, 0.1) is 19.8 Å². The van der Waals surface area contributed by atoms with E-state index in [2.05, 4.69) is 44.1 Å². The number of nitrogens with one attached hydrogen (secondary N) is 1. The number of benzene rings is 1. The standard InChI is InChI=1S/C18H24N2O/c1-13(2)11-19-12-16-6-5-7-18(20-16)21-17-9-14(3)8-15(4)10-17/h5-10,13,19H,11-12H2,1-4H3. The summed E-state index contributed by atoms with van der Waals surface area (Å²) in [6.45, 7) is 10.3. The molecule has 0 aliphatic rings. The smallest absolute Gasteiger partial charge is 0.219 e. The molecule has 3 heteroatoms. The Morgan fingerprint density at radius 2 is 1.81 bits per heavy atom. The molecule has 0 fully saturated rings. The lowest BCUT2D eigenvalue weighted by atomic mass is 10.1. The van der Waals surface area contributed by atoms with E-state index in [4.69, 9.17) is 4.74 Å². The van der Waals surface area contributed by atoms with Crippen LogP contribution in [-0.4, -0.2) is 11.5 Å². The molecule has 0 radical (unpaired) electrons. The quantitative estimate of drug-likeness (QED) is 0.861. The van der Waals surface area contributed by atoms with Gasteiger partial charge in [0.25, 0.3) is 0 Å². The van der Waals surface area contributed by atoms with E-state index in [-0.39, 0.29) is 0 Å². The van der Waals surface area contributed by atoms with Crippen LogP contribution in [0.5, 0.6) is 11.6 Å². The van der Waals surface area contributed by atoms with Gasteiger partial charge in [0.2, 0.25) is 5.88 Å². The van der Waals surface area contributed by atoms with Crippen molar-refractivity contribution in [1.82, 2.24) is 10.3 Å². The molecule has 0 unspecified atom stereocenters. The van der Waals surface area contributed by atoms with Gasteiger partial charge >= 0.3 is 0 Å². The lowest BCUT2D eigenvalue weighted by Gasteiger charge is -2.10. The van der Waals surface area contributed by atoms with E-state index in [9.17, 15) is 0 Å². The second kappa shape index (κ2) is 7.23. The topological polar surface area (TPSA) is 34.1 Å². The van der Waals surface area contributed by atoms with Crippen LogP contribution in [-0.2, 0) is 6.54 Å². The van der Waals surface area contributed by atoms with Crippen LogP contribution in [0.3, 0.4) is 0 Å². The molecule has 0 amide bonds. The molecule has 1 aromatic heterocycles. The summed E-state index contributed by atoms with van der Waals surface area (Å²) in [4.78, 5) is 4.54. The Kier molecular flexibility index (Phi) is 5.34. The SMILES string of the molecule is Cc1cc(C)cc(Oc2cccc(CNCC(C)C)n2)c1. The minimum absolute atomic E-state index is 0.639. The maximum Gasteiger partial charge on any atom is 0.219 e. The Bertz CT molecular complexity index is 573. The highest BCUT2D eigenvalue weighted by Gasteiger charge is 2.03. The predicted molar refractivity (Wildman–Crippen MR) is 86.8 cm³/mol. The molecule has 0 saturated carbocycles. The molecule has 1 heterocycles. The first-order valence-electron chi connectivity index (χ1n) is 7.46. The van der Waals surface area contributed by atoms with Crippen LogP contribution in [0.2, 0.25) is 0 Å². The number of ether oxygens (including phenoxy) is 1. The zero-order valence-corrected chi connectivity index (χ0v) is 13.3. The van der Waals surface area contributed by atoms with Crippen molar-refractivity contribution in [2.24, 2.45) is 5.92 Å². The third kappa shape index (κ3) is 5.20. The van der Waals surface area contributed by atoms with E-state index < -0.39 is 0 Å². The van der Waals surface area contributed by atoms with Crippen LogP contribution in [0.15, 0.2) is 36.4 Å². The molecule has 0 bridgehead atoms. The zero-order chi connectivity index (χ0) is 15.2. The summed E-state index contributed by atoms with van der Waals surface area (Å²) in [5.41, 5.74) is 3.39. The van der Waals surface area contributed by atoms with Crippen LogP contribution < -0.4 is 10.1 Å². The Labute approximate surface area is 127 Å². The molecular formula is C18H24N2O. The van der Waals surface area contributed by atoms with Gasteiger partial charge in [-0.2, -0.15) is 0 Å². The van der Waals surface area contributed by atoms with Crippen LogP contribution >= 0.6 is 0 Å². The van der Waals surface area contributed by atoms with Crippen molar-refractivity contribution in [1.29, 1.82) is 0 Å². The Hall–Kier alpha value is -1.87. The first-order chi connectivity index (χ1) is 10.0. The van der Waals surface area contributed by atoms with Crippen molar-refractivity contribution < 1.29 is 4.74 Å². The summed E-state index contributed by atoms with van der Waals surface area (Å²) < 4.78 is 5.87. The first kappa shape index (κ1) is 15.5. The highest BCUT2D eigenvalue weighted by atomic mass is 16.5. The van der Waals surface area contributed by atoms with E-state index in [0.717, 1.165) is 24.5 Å². The molecule has 112 valence electrons. The number of hydrogen-bond donors (Lipinski definition) is 1. The van der Waals surface area contributed by atoms with Crippen LogP contribution in [0.1, 0.15) is 30.7 Å². The van der Waals surface area contributed by atoms with Gasteiger partial charge in [0.1, 0.15) is 5.75 Å². The summed E-state index contributed by atoms with van der Waals surface area (Å²) in [5.74, 6) is 2.12. The van der Waals surface area contributed by atoms with Crippen molar-refractivity contribution in [2.45, 2.75) is 34.2 Å². The summed E-state index contributed by atoms with van der Waals surface area (Å²) in [7, 11) is 0. The minimum atomic E-state index is 0.639. The van der Waals surface area contributed by atoms with Gasteiger partial charge in [0.15, 0.2) is 0 Å². The second-order valence-electron chi connectivity index (χ2n) is 5.92. The van der Waals surface area contributed by atoms with Crippen molar-refractivity contribution in [2.75, 3.05) is 6.54 Å². The van der Waals surface area contributed by atoms with Gasteiger partial charge in [-0.3, -0.25) is 0 Å². The van der Waals surface area contributed by atoms with Gasteiger partial charge in [0.05, 0.1) is 5.69 Å². The fourth-order valence-electron chi connectivity index (χ4n) is 2.21. The molecule has 1 aromatic carbocycles. The van der Waals surface area contributed by atoms with Gasteiger partial charge in [-0.1, -0.05) is 26.0 Å². The van der Waals surface area contributed by atoms with Crippen molar-refractivity contribution in [3.63, 3.8) is 0 Å². The fraction of sp³-hybridized carbons (Fsp3) is 0.389. The molecule has 0 saturated heterocycles. The maximum absolute atomic E-state index is 5.87. The fourth-order valence-corrected chi connectivity index (χ4v) is 2.21. The Balaban J connectivity index is 2.03. The first-order valence-corrected chi connectivity index (χ1v) is 7.46. The van der Waals surface area contributed by atoms with Crippen LogP contribution in [0.4, 0.5) is 0 Å². The average molecular weight is 284 g/mol. The van der Waals surface area contributed by atoms with Gasteiger partial charge in [-0.15, -0.1) is 0 Å². The molecule has 0 atom stereocenters. The van der Waals surface area contributed by atoms with E-state index in [1.54, 1.807) is 0 Å². The highest BCUT2D eigenvalue weighted by Crippen LogP contribution is 2.22. The summed E-state index contributed by atoms with van der Waals surface area (Å²) in [5, 5.41) is 3.39. The predicted octanol–water partition coefficient (Wildman–Crippen LogP) is 4.24.